The highest BCUT2D eigenvalue weighted by Crippen LogP contribution is 2.40. The molecule has 7 heteroatoms. The van der Waals surface area contributed by atoms with Gasteiger partial charge in [-0.15, -0.1) is 0 Å². The Kier molecular flexibility index (Phi) is 5.48. The van der Waals surface area contributed by atoms with E-state index in [1.165, 1.54) is 0 Å². The highest BCUT2D eigenvalue weighted by molar-refractivity contribution is 7.85. The summed E-state index contributed by atoms with van der Waals surface area (Å²) < 4.78 is 30.2. The molecule has 152 valence electrons. The highest BCUT2D eigenvalue weighted by Gasteiger charge is 2.39. The molecule has 0 spiro atoms. The number of hydrogen-bond acceptors (Lipinski definition) is 5. The molecule has 6 nitrogen and oxygen atoms in total. The Morgan fingerprint density at radius 3 is 1.63 bits per heavy atom. The molecule has 0 saturated heterocycles. The summed E-state index contributed by atoms with van der Waals surface area (Å²) in [7, 11) is -2.60. The average Bonchev–Trinajstić information content (AvgIpc) is 3.24. The first-order chi connectivity index (χ1) is 14.6. The molecule has 0 saturated carbocycles. The van der Waals surface area contributed by atoms with Gasteiger partial charge in [-0.1, -0.05) is 91.0 Å². The standard InChI is InChI=1S/C23H21N3O3S/c1-29-30(27,28)17-22-24-18-26(25-22)23(19-11-5-2-6-12-19,20-13-7-3-8-14-20)21-15-9-4-10-16-21/h2-16,18H,17H2,1H3. The van der Waals surface area contributed by atoms with Crippen LogP contribution in [0.5, 0.6) is 0 Å². The van der Waals surface area contributed by atoms with Gasteiger partial charge in [-0.05, 0) is 16.7 Å². The fourth-order valence-corrected chi connectivity index (χ4v) is 4.24. The third kappa shape index (κ3) is 3.65. The lowest BCUT2D eigenvalue weighted by Gasteiger charge is -2.35. The molecule has 0 atom stereocenters. The zero-order valence-electron chi connectivity index (χ0n) is 16.4. The minimum absolute atomic E-state index is 0.170. The normalized spacial score (nSPS) is 12.0. The molecule has 0 aliphatic heterocycles. The van der Waals surface area contributed by atoms with E-state index < -0.39 is 21.4 Å². The summed E-state index contributed by atoms with van der Waals surface area (Å²) in [6, 6.07) is 29.9. The van der Waals surface area contributed by atoms with Gasteiger partial charge in [0.2, 0.25) is 0 Å². The van der Waals surface area contributed by atoms with Crippen molar-refractivity contribution in [1.29, 1.82) is 0 Å². The predicted octanol–water partition coefficient (Wildman–Crippen LogP) is 3.59. The largest absolute Gasteiger partial charge is 0.274 e. The van der Waals surface area contributed by atoms with Gasteiger partial charge in [0.15, 0.2) is 5.82 Å². The highest BCUT2D eigenvalue weighted by atomic mass is 32.2. The number of aromatic nitrogens is 3. The van der Waals surface area contributed by atoms with E-state index in [0.29, 0.717) is 0 Å². The zero-order valence-corrected chi connectivity index (χ0v) is 17.2. The monoisotopic (exact) mass is 419 g/mol. The zero-order chi connectivity index (χ0) is 21.0. The predicted molar refractivity (Wildman–Crippen MR) is 114 cm³/mol. The summed E-state index contributed by atoms with van der Waals surface area (Å²) in [5.74, 6) is -0.227. The van der Waals surface area contributed by atoms with Crippen molar-refractivity contribution in [3.8, 4) is 0 Å². The van der Waals surface area contributed by atoms with E-state index in [2.05, 4.69) is 14.3 Å². The van der Waals surface area contributed by atoms with E-state index in [4.69, 9.17) is 0 Å². The summed E-state index contributed by atoms with van der Waals surface area (Å²) in [4.78, 5) is 4.28. The molecule has 0 aliphatic carbocycles. The molecular formula is C23H21N3O3S. The summed E-state index contributed by atoms with van der Waals surface area (Å²) in [5.41, 5.74) is 2.11. The summed E-state index contributed by atoms with van der Waals surface area (Å²) in [5, 5.41) is 4.59. The first kappa shape index (κ1) is 20.0. The molecule has 4 rings (SSSR count). The molecule has 1 heterocycles. The van der Waals surface area contributed by atoms with Crippen LogP contribution in [0.1, 0.15) is 22.5 Å². The van der Waals surface area contributed by atoms with Crippen LogP contribution in [0.2, 0.25) is 0 Å². The number of rotatable bonds is 7. The average molecular weight is 420 g/mol. The van der Waals surface area contributed by atoms with Crippen LogP contribution < -0.4 is 0 Å². The Hall–Kier alpha value is -3.29. The van der Waals surface area contributed by atoms with E-state index in [-0.39, 0.29) is 5.82 Å². The van der Waals surface area contributed by atoms with Crippen LogP contribution in [0.15, 0.2) is 97.3 Å². The van der Waals surface area contributed by atoms with Crippen LogP contribution in [0, 0.1) is 0 Å². The van der Waals surface area contributed by atoms with Crippen LogP contribution in [0.3, 0.4) is 0 Å². The smallest absolute Gasteiger partial charge is 0.273 e. The lowest BCUT2D eigenvalue weighted by Crippen LogP contribution is -2.38. The number of hydrogen-bond donors (Lipinski definition) is 0. The van der Waals surface area contributed by atoms with Crippen molar-refractivity contribution >= 4 is 10.1 Å². The second-order valence-corrected chi connectivity index (χ2v) is 8.52. The molecule has 0 amide bonds. The quantitative estimate of drug-likeness (QED) is 0.338. The Bertz CT molecular complexity index is 1110. The van der Waals surface area contributed by atoms with Crippen molar-refractivity contribution in [2.45, 2.75) is 11.3 Å². The first-order valence-electron chi connectivity index (χ1n) is 9.42. The fraction of sp³-hybridized carbons (Fsp3) is 0.130. The molecule has 30 heavy (non-hydrogen) atoms. The second-order valence-electron chi connectivity index (χ2n) is 6.78. The summed E-state index contributed by atoms with van der Waals surface area (Å²) in [6.45, 7) is 0. The van der Waals surface area contributed by atoms with E-state index in [0.717, 1.165) is 23.8 Å². The van der Waals surface area contributed by atoms with Gasteiger partial charge in [0.1, 0.15) is 17.6 Å². The Labute approximate surface area is 175 Å². The maximum atomic E-state index is 11.9. The van der Waals surface area contributed by atoms with Crippen molar-refractivity contribution in [1.82, 2.24) is 14.8 Å². The van der Waals surface area contributed by atoms with Gasteiger partial charge >= 0.3 is 0 Å². The molecule has 4 aromatic rings. The summed E-state index contributed by atoms with van der Waals surface area (Å²) >= 11 is 0. The molecule has 0 radical (unpaired) electrons. The Balaban J connectivity index is 2.00. The van der Waals surface area contributed by atoms with Crippen molar-refractivity contribution < 1.29 is 12.6 Å². The van der Waals surface area contributed by atoms with Gasteiger partial charge in [0.25, 0.3) is 10.1 Å². The Morgan fingerprint density at radius 1 is 0.800 bits per heavy atom. The van der Waals surface area contributed by atoms with Gasteiger partial charge in [-0.3, -0.25) is 4.18 Å². The molecule has 0 fully saturated rings. The van der Waals surface area contributed by atoms with E-state index in [1.807, 2.05) is 91.0 Å². The third-order valence-corrected chi connectivity index (χ3v) is 6.14. The van der Waals surface area contributed by atoms with Crippen LogP contribution in [0.25, 0.3) is 0 Å². The van der Waals surface area contributed by atoms with Gasteiger partial charge < -0.3 is 0 Å². The van der Waals surface area contributed by atoms with Crippen molar-refractivity contribution in [3.63, 3.8) is 0 Å². The molecule has 0 aliphatic rings. The van der Waals surface area contributed by atoms with Crippen LogP contribution in [-0.2, 0) is 25.6 Å². The van der Waals surface area contributed by atoms with E-state index >= 15 is 0 Å². The number of benzene rings is 3. The third-order valence-electron chi connectivity index (χ3n) is 5.02. The van der Waals surface area contributed by atoms with Crippen molar-refractivity contribution in [2.75, 3.05) is 7.11 Å². The Morgan fingerprint density at radius 2 is 1.23 bits per heavy atom. The van der Waals surface area contributed by atoms with E-state index in [9.17, 15) is 8.42 Å². The topological polar surface area (TPSA) is 74.1 Å². The number of nitrogens with zero attached hydrogens (tertiary/aromatic N) is 3. The fourth-order valence-electron chi connectivity index (χ4n) is 3.68. The molecule has 1 aromatic heterocycles. The maximum Gasteiger partial charge on any atom is 0.274 e. The van der Waals surface area contributed by atoms with Gasteiger partial charge in [-0.25, -0.2) is 9.67 Å². The molecule has 0 unspecified atom stereocenters. The second kappa shape index (κ2) is 8.22. The minimum atomic E-state index is -3.74. The molecule has 3 aromatic carbocycles. The molecule has 0 N–H and O–H groups in total. The van der Waals surface area contributed by atoms with Crippen LogP contribution in [-0.4, -0.2) is 30.3 Å². The summed E-state index contributed by atoms with van der Waals surface area (Å²) in [6.07, 6.45) is 1.58. The molecule has 0 bridgehead atoms. The van der Waals surface area contributed by atoms with Crippen LogP contribution >= 0.6 is 0 Å². The first-order valence-corrected chi connectivity index (χ1v) is 11.0. The van der Waals surface area contributed by atoms with Gasteiger partial charge in [0, 0.05) is 0 Å². The van der Waals surface area contributed by atoms with Crippen LogP contribution in [0.4, 0.5) is 0 Å². The maximum absolute atomic E-state index is 11.9. The van der Waals surface area contributed by atoms with Gasteiger partial charge in [-0.2, -0.15) is 13.5 Å². The lowest BCUT2D eigenvalue weighted by atomic mass is 9.77. The lowest BCUT2D eigenvalue weighted by molar-refractivity contribution is 0.395. The van der Waals surface area contributed by atoms with Gasteiger partial charge in [0.05, 0.1) is 7.11 Å². The SMILES string of the molecule is COS(=O)(=O)Cc1ncn(C(c2ccccc2)(c2ccccc2)c2ccccc2)n1. The molecular weight excluding hydrogens is 398 g/mol. The van der Waals surface area contributed by atoms with Crippen molar-refractivity contribution in [2.24, 2.45) is 0 Å². The minimum Gasteiger partial charge on any atom is -0.273 e. The van der Waals surface area contributed by atoms with Crippen molar-refractivity contribution in [3.05, 3.63) is 120 Å². The van der Waals surface area contributed by atoms with E-state index in [1.54, 1.807) is 11.0 Å².